The number of benzene rings is 1. The Bertz CT molecular complexity index is 282. The minimum Gasteiger partial charge on any atom is -0.399 e. The predicted molar refractivity (Wildman–Crippen MR) is 62.1 cm³/mol. The highest BCUT2D eigenvalue weighted by Crippen LogP contribution is 2.27. The molecule has 0 atom stereocenters. The van der Waals surface area contributed by atoms with Crippen molar-refractivity contribution in [3.05, 3.63) is 22.7 Å². The molecular weight excluding hydrogens is 228 g/mol. The zero-order valence-electron chi connectivity index (χ0n) is 8.05. The second-order valence-corrected chi connectivity index (χ2v) is 3.74. The average Bonchev–Trinajstić information content (AvgIpc) is 2.13. The van der Waals surface area contributed by atoms with Crippen molar-refractivity contribution >= 4 is 27.3 Å². The normalized spacial score (nSPS) is 10.1. The van der Waals surface area contributed by atoms with Crippen molar-refractivity contribution in [3.8, 4) is 0 Å². The standard InChI is InChI=1S/C10H15BrN2/c1-3-13(4-2)10-7-8(12)5-6-9(10)11/h5-7H,3-4,12H2,1-2H3. The summed E-state index contributed by atoms with van der Waals surface area (Å²) in [6, 6.07) is 5.89. The van der Waals surface area contributed by atoms with Crippen LogP contribution in [-0.4, -0.2) is 13.1 Å². The summed E-state index contributed by atoms with van der Waals surface area (Å²) in [6.07, 6.45) is 0. The largest absolute Gasteiger partial charge is 0.399 e. The maximum Gasteiger partial charge on any atom is 0.0531 e. The van der Waals surface area contributed by atoms with Gasteiger partial charge in [0.05, 0.1) is 5.69 Å². The number of nitrogens with zero attached hydrogens (tertiary/aromatic N) is 1. The molecule has 0 fully saturated rings. The molecule has 1 aromatic rings. The summed E-state index contributed by atoms with van der Waals surface area (Å²) in [5, 5.41) is 0. The van der Waals surface area contributed by atoms with Gasteiger partial charge in [0, 0.05) is 23.2 Å². The number of nitrogens with two attached hydrogens (primary N) is 1. The highest BCUT2D eigenvalue weighted by molar-refractivity contribution is 9.10. The van der Waals surface area contributed by atoms with E-state index in [4.69, 9.17) is 5.73 Å². The van der Waals surface area contributed by atoms with Gasteiger partial charge in [-0.1, -0.05) is 0 Å². The maximum atomic E-state index is 5.73. The van der Waals surface area contributed by atoms with Crippen LogP contribution in [0.4, 0.5) is 11.4 Å². The molecular formula is C10H15BrN2. The monoisotopic (exact) mass is 242 g/mol. The van der Waals surface area contributed by atoms with Gasteiger partial charge in [0.15, 0.2) is 0 Å². The molecule has 0 heterocycles. The van der Waals surface area contributed by atoms with E-state index in [1.165, 1.54) is 5.69 Å². The Balaban J connectivity index is 3.03. The van der Waals surface area contributed by atoms with Crippen LogP contribution in [0.2, 0.25) is 0 Å². The zero-order valence-corrected chi connectivity index (χ0v) is 9.63. The molecule has 13 heavy (non-hydrogen) atoms. The van der Waals surface area contributed by atoms with Crippen molar-refractivity contribution in [2.75, 3.05) is 23.7 Å². The predicted octanol–water partition coefficient (Wildman–Crippen LogP) is 2.88. The van der Waals surface area contributed by atoms with E-state index in [2.05, 4.69) is 34.7 Å². The Kier molecular flexibility index (Phi) is 3.60. The summed E-state index contributed by atoms with van der Waals surface area (Å²) in [5.41, 5.74) is 7.71. The van der Waals surface area contributed by atoms with Gasteiger partial charge < -0.3 is 10.6 Å². The fourth-order valence-corrected chi connectivity index (χ4v) is 1.83. The molecule has 0 aromatic heterocycles. The molecule has 2 N–H and O–H groups in total. The number of rotatable bonds is 3. The first-order chi connectivity index (χ1) is 6.19. The Morgan fingerprint density at radius 1 is 1.31 bits per heavy atom. The van der Waals surface area contributed by atoms with E-state index in [1.54, 1.807) is 0 Å². The van der Waals surface area contributed by atoms with E-state index in [0.29, 0.717) is 0 Å². The quantitative estimate of drug-likeness (QED) is 0.827. The third kappa shape index (κ3) is 2.37. The van der Waals surface area contributed by atoms with Gasteiger partial charge in [0.2, 0.25) is 0 Å². The van der Waals surface area contributed by atoms with E-state index < -0.39 is 0 Å². The fraction of sp³-hybridized carbons (Fsp3) is 0.400. The number of hydrogen-bond donors (Lipinski definition) is 1. The van der Waals surface area contributed by atoms with Crippen molar-refractivity contribution in [3.63, 3.8) is 0 Å². The van der Waals surface area contributed by atoms with Crippen molar-refractivity contribution in [2.45, 2.75) is 13.8 Å². The minimum atomic E-state index is 0.810. The molecule has 1 aromatic carbocycles. The van der Waals surface area contributed by atoms with Crippen LogP contribution in [0.3, 0.4) is 0 Å². The van der Waals surface area contributed by atoms with Crippen molar-refractivity contribution in [1.29, 1.82) is 0 Å². The molecule has 0 aliphatic rings. The summed E-state index contributed by atoms with van der Waals surface area (Å²) in [7, 11) is 0. The molecule has 3 heteroatoms. The number of halogens is 1. The van der Waals surface area contributed by atoms with Crippen molar-refractivity contribution in [2.24, 2.45) is 0 Å². The molecule has 1 rings (SSSR count). The van der Waals surface area contributed by atoms with Crippen molar-refractivity contribution in [1.82, 2.24) is 0 Å². The Morgan fingerprint density at radius 3 is 2.46 bits per heavy atom. The SMILES string of the molecule is CCN(CC)c1cc(N)ccc1Br. The van der Waals surface area contributed by atoms with Gasteiger partial charge in [-0.3, -0.25) is 0 Å². The van der Waals surface area contributed by atoms with E-state index >= 15 is 0 Å². The van der Waals surface area contributed by atoms with E-state index in [0.717, 1.165) is 23.2 Å². The summed E-state index contributed by atoms with van der Waals surface area (Å²) in [4.78, 5) is 2.26. The van der Waals surface area contributed by atoms with Gasteiger partial charge in [0.25, 0.3) is 0 Å². The lowest BCUT2D eigenvalue weighted by atomic mass is 10.2. The van der Waals surface area contributed by atoms with Crippen molar-refractivity contribution < 1.29 is 0 Å². The van der Waals surface area contributed by atoms with Crippen LogP contribution in [0.1, 0.15) is 13.8 Å². The second kappa shape index (κ2) is 4.51. The molecule has 72 valence electrons. The second-order valence-electron chi connectivity index (χ2n) is 2.88. The molecule has 0 radical (unpaired) electrons. The zero-order chi connectivity index (χ0) is 9.84. The Labute approximate surface area is 87.9 Å². The average molecular weight is 243 g/mol. The smallest absolute Gasteiger partial charge is 0.0531 e. The van der Waals surface area contributed by atoms with Gasteiger partial charge in [-0.2, -0.15) is 0 Å². The first-order valence-electron chi connectivity index (χ1n) is 4.49. The lowest BCUT2D eigenvalue weighted by molar-refractivity contribution is 0.864. The molecule has 0 spiro atoms. The van der Waals surface area contributed by atoms with Crippen LogP contribution in [0, 0.1) is 0 Å². The van der Waals surface area contributed by atoms with E-state index in [9.17, 15) is 0 Å². The molecule has 0 bridgehead atoms. The summed E-state index contributed by atoms with van der Waals surface area (Å²) in [5.74, 6) is 0. The molecule has 2 nitrogen and oxygen atoms in total. The van der Waals surface area contributed by atoms with E-state index in [-0.39, 0.29) is 0 Å². The Morgan fingerprint density at radius 2 is 1.92 bits per heavy atom. The Hall–Kier alpha value is -0.700. The molecule has 0 saturated heterocycles. The van der Waals surface area contributed by atoms with Crippen LogP contribution in [0.5, 0.6) is 0 Å². The van der Waals surface area contributed by atoms with Crippen LogP contribution in [0.25, 0.3) is 0 Å². The third-order valence-corrected chi connectivity index (χ3v) is 2.74. The molecule has 0 saturated carbocycles. The summed E-state index contributed by atoms with van der Waals surface area (Å²) in [6.45, 7) is 6.27. The number of anilines is 2. The lowest BCUT2D eigenvalue weighted by Gasteiger charge is -2.22. The van der Waals surface area contributed by atoms with Gasteiger partial charge in [-0.05, 0) is 48.0 Å². The van der Waals surface area contributed by atoms with Gasteiger partial charge in [-0.25, -0.2) is 0 Å². The first kappa shape index (κ1) is 10.4. The molecule has 0 amide bonds. The van der Waals surface area contributed by atoms with Crippen LogP contribution in [-0.2, 0) is 0 Å². The number of nitrogen functional groups attached to an aromatic ring is 1. The van der Waals surface area contributed by atoms with Gasteiger partial charge >= 0.3 is 0 Å². The lowest BCUT2D eigenvalue weighted by Crippen LogP contribution is -2.22. The first-order valence-corrected chi connectivity index (χ1v) is 5.28. The van der Waals surface area contributed by atoms with Crippen LogP contribution < -0.4 is 10.6 Å². The third-order valence-electron chi connectivity index (χ3n) is 2.07. The highest BCUT2D eigenvalue weighted by atomic mass is 79.9. The fourth-order valence-electron chi connectivity index (χ4n) is 1.34. The van der Waals surface area contributed by atoms with Crippen LogP contribution in [0.15, 0.2) is 22.7 Å². The van der Waals surface area contributed by atoms with Gasteiger partial charge in [-0.15, -0.1) is 0 Å². The highest BCUT2D eigenvalue weighted by Gasteiger charge is 2.05. The summed E-state index contributed by atoms with van der Waals surface area (Å²) >= 11 is 3.52. The van der Waals surface area contributed by atoms with E-state index in [1.807, 2.05) is 18.2 Å². The molecule has 0 unspecified atom stereocenters. The molecule has 0 aliphatic heterocycles. The van der Waals surface area contributed by atoms with Crippen LogP contribution >= 0.6 is 15.9 Å². The van der Waals surface area contributed by atoms with Gasteiger partial charge in [0.1, 0.15) is 0 Å². The number of hydrogen-bond acceptors (Lipinski definition) is 2. The topological polar surface area (TPSA) is 29.3 Å². The summed E-state index contributed by atoms with van der Waals surface area (Å²) < 4.78 is 1.10. The molecule has 0 aliphatic carbocycles. The minimum absolute atomic E-state index is 0.810. The maximum absolute atomic E-state index is 5.73.